The van der Waals surface area contributed by atoms with Crippen LogP contribution in [0, 0.1) is 0 Å². The summed E-state index contributed by atoms with van der Waals surface area (Å²) in [6.07, 6.45) is 9.07. The van der Waals surface area contributed by atoms with Crippen LogP contribution < -0.4 is 14.8 Å². The van der Waals surface area contributed by atoms with Gasteiger partial charge in [0.15, 0.2) is 0 Å². The lowest BCUT2D eigenvalue weighted by atomic mass is 10.2. The molecule has 13 heteroatoms. The zero-order valence-corrected chi connectivity index (χ0v) is 23.2. The number of benzene rings is 2. The molecule has 1 saturated heterocycles. The lowest BCUT2D eigenvalue weighted by molar-refractivity contribution is 0.284. The maximum Gasteiger partial charge on any atom is 0.345 e. The van der Waals surface area contributed by atoms with E-state index in [1.807, 2.05) is 18.2 Å². The third-order valence-corrected chi connectivity index (χ3v) is 8.61. The van der Waals surface area contributed by atoms with Crippen molar-refractivity contribution < 1.29 is 13.2 Å². The maximum atomic E-state index is 12.8. The van der Waals surface area contributed by atoms with Gasteiger partial charge in [0.2, 0.25) is 5.13 Å². The quantitative estimate of drug-likeness (QED) is 0.240. The minimum absolute atomic E-state index is 0.162. The lowest BCUT2D eigenvalue weighted by Gasteiger charge is -2.20. The van der Waals surface area contributed by atoms with E-state index >= 15 is 0 Å². The largest absolute Gasteiger partial charge is 0.488 e. The van der Waals surface area contributed by atoms with Gasteiger partial charge >= 0.3 is 10.2 Å². The Morgan fingerprint density at radius 3 is 2.74 bits per heavy atom. The Hall–Kier alpha value is -2.93. The topological polar surface area (TPSA) is 114 Å². The van der Waals surface area contributed by atoms with Crippen molar-refractivity contribution in [2.75, 3.05) is 36.2 Å². The normalized spacial score (nSPS) is 14.9. The summed E-state index contributed by atoms with van der Waals surface area (Å²) < 4.78 is 39.0. The number of fused-ring (bicyclic) bond motifs is 1. The van der Waals surface area contributed by atoms with Crippen LogP contribution in [0.3, 0.4) is 0 Å². The SMILES string of the molecule is O=S(=O)(Nc1ncns1)n1ncc2c(OCc3ccc(Cl)cc3NCCCN3CCCCCC3)cccc21. The fourth-order valence-electron chi connectivity index (χ4n) is 4.57. The molecular formula is C25H30ClN7O3S2. The fraction of sp³-hybridized carbons (Fsp3) is 0.400. The van der Waals surface area contributed by atoms with Crippen LogP contribution in [-0.2, 0) is 16.8 Å². The molecule has 0 spiro atoms. The first-order chi connectivity index (χ1) is 18.5. The summed E-state index contributed by atoms with van der Waals surface area (Å²) in [7, 11) is -4.01. The number of hydrogen-bond donors (Lipinski definition) is 2. The van der Waals surface area contributed by atoms with E-state index in [-0.39, 0.29) is 11.7 Å². The molecule has 0 aliphatic carbocycles. The van der Waals surface area contributed by atoms with Crippen molar-refractivity contribution in [1.82, 2.24) is 23.4 Å². The molecule has 1 aliphatic heterocycles. The maximum absolute atomic E-state index is 12.8. The summed E-state index contributed by atoms with van der Waals surface area (Å²) in [5.41, 5.74) is 2.28. The van der Waals surface area contributed by atoms with Gasteiger partial charge in [-0.05, 0) is 63.2 Å². The number of rotatable bonds is 11. The Labute approximate surface area is 231 Å². The Morgan fingerprint density at radius 2 is 1.95 bits per heavy atom. The molecule has 1 fully saturated rings. The van der Waals surface area contributed by atoms with Crippen LogP contribution in [0.25, 0.3) is 10.9 Å². The van der Waals surface area contributed by atoms with Gasteiger partial charge in [-0.15, -0.1) is 4.09 Å². The number of likely N-dealkylation sites (tertiary alicyclic amines) is 1. The van der Waals surface area contributed by atoms with Gasteiger partial charge in [-0.2, -0.15) is 17.9 Å². The van der Waals surface area contributed by atoms with E-state index in [4.69, 9.17) is 16.3 Å². The molecular weight excluding hydrogens is 546 g/mol. The molecule has 0 radical (unpaired) electrons. The van der Waals surface area contributed by atoms with Crippen LogP contribution in [0.5, 0.6) is 5.75 Å². The molecule has 4 aromatic rings. The second-order valence-electron chi connectivity index (χ2n) is 9.16. The summed E-state index contributed by atoms with van der Waals surface area (Å²) in [4.78, 5) is 6.43. The monoisotopic (exact) mass is 575 g/mol. The third kappa shape index (κ3) is 6.55. The molecule has 202 valence electrons. The van der Waals surface area contributed by atoms with E-state index in [0.29, 0.717) is 21.7 Å². The van der Waals surface area contributed by atoms with Crippen molar-refractivity contribution in [1.29, 1.82) is 0 Å². The molecule has 0 saturated carbocycles. The summed E-state index contributed by atoms with van der Waals surface area (Å²) in [5, 5.41) is 9.01. The number of anilines is 2. The first-order valence-corrected chi connectivity index (χ1v) is 15.2. The average Bonchev–Trinajstić information content (AvgIpc) is 3.50. The van der Waals surface area contributed by atoms with E-state index < -0.39 is 10.2 Å². The van der Waals surface area contributed by atoms with Gasteiger partial charge in [0.05, 0.1) is 17.1 Å². The molecule has 10 nitrogen and oxygen atoms in total. The molecule has 3 heterocycles. The molecule has 38 heavy (non-hydrogen) atoms. The summed E-state index contributed by atoms with van der Waals surface area (Å²) in [6.45, 7) is 4.59. The second kappa shape index (κ2) is 12.3. The van der Waals surface area contributed by atoms with E-state index in [1.54, 1.807) is 18.2 Å². The van der Waals surface area contributed by atoms with E-state index in [0.717, 1.165) is 46.4 Å². The third-order valence-electron chi connectivity index (χ3n) is 6.47. The Morgan fingerprint density at radius 1 is 1.11 bits per heavy atom. The Balaban J connectivity index is 1.25. The van der Waals surface area contributed by atoms with Crippen molar-refractivity contribution in [3.05, 3.63) is 59.5 Å². The zero-order chi connectivity index (χ0) is 26.4. The van der Waals surface area contributed by atoms with Crippen LogP contribution in [0.1, 0.15) is 37.7 Å². The standard InChI is InChI=1S/C25H30ClN7O3S2/c26-20-10-9-19(22(15-20)27-11-6-14-32-12-3-1-2-4-13-32)17-36-24-8-5-7-23-21(24)16-29-33(23)38(34,35)31-25-28-18-30-37-25/h5,7-10,15-16,18,27H,1-4,6,11-14,17H2,(H,28,30,31). The van der Waals surface area contributed by atoms with Crippen LogP contribution in [0.15, 0.2) is 48.9 Å². The van der Waals surface area contributed by atoms with Gasteiger partial charge in [0, 0.05) is 34.4 Å². The van der Waals surface area contributed by atoms with Crippen molar-refractivity contribution in [3.8, 4) is 5.75 Å². The highest BCUT2D eigenvalue weighted by Gasteiger charge is 2.20. The fourth-order valence-corrected chi connectivity index (χ4v) is 6.45. The van der Waals surface area contributed by atoms with E-state index in [9.17, 15) is 8.42 Å². The molecule has 0 unspecified atom stereocenters. The first kappa shape index (κ1) is 26.7. The second-order valence-corrected chi connectivity index (χ2v) is 11.9. The molecule has 2 aromatic heterocycles. The number of nitrogens with zero attached hydrogens (tertiary/aromatic N) is 5. The summed E-state index contributed by atoms with van der Waals surface area (Å²) >= 11 is 7.23. The molecule has 1 aliphatic rings. The van der Waals surface area contributed by atoms with Crippen LogP contribution in [0.2, 0.25) is 5.02 Å². The Bertz CT molecular complexity index is 1450. The van der Waals surface area contributed by atoms with Crippen LogP contribution >= 0.6 is 23.1 Å². The zero-order valence-electron chi connectivity index (χ0n) is 20.8. The molecule has 0 atom stereocenters. The number of ether oxygens (including phenoxy) is 1. The van der Waals surface area contributed by atoms with Gasteiger partial charge in [0.25, 0.3) is 0 Å². The van der Waals surface area contributed by atoms with Gasteiger partial charge in [-0.25, -0.2) is 9.71 Å². The van der Waals surface area contributed by atoms with E-state index in [2.05, 4.69) is 29.4 Å². The average molecular weight is 576 g/mol. The molecule has 2 N–H and O–H groups in total. The highest BCUT2D eigenvalue weighted by Crippen LogP contribution is 2.29. The minimum Gasteiger partial charge on any atom is -0.488 e. The smallest absolute Gasteiger partial charge is 0.345 e. The lowest BCUT2D eigenvalue weighted by Crippen LogP contribution is -2.27. The molecule has 2 aromatic carbocycles. The predicted molar refractivity (Wildman–Crippen MR) is 151 cm³/mol. The van der Waals surface area contributed by atoms with Gasteiger partial charge in [-0.3, -0.25) is 0 Å². The molecule has 0 bridgehead atoms. The molecule has 0 amide bonds. The predicted octanol–water partition coefficient (Wildman–Crippen LogP) is 5.00. The van der Waals surface area contributed by atoms with Crippen LogP contribution in [0.4, 0.5) is 10.8 Å². The van der Waals surface area contributed by atoms with Gasteiger partial charge in [0.1, 0.15) is 18.7 Å². The first-order valence-electron chi connectivity index (χ1n) is 12.6. The van der Waals surface area contributed by atoms with Gasteiger partial charge in [-0.1, -0.05) is 36.6 Å². The summed E-state index contributed by atoms with van der Waals surface area (Å²) in [5.74, 6) is 0.530. The number of nitrogens with one attached hydrogen (secondary N) is 2. The summed E-state index contributed by atoms with van der Waals surface area (Å²) in [6, 6.07) is 10.9. The highest BCUT2D eigenvalue weighted by atomic mass is 35.5. The Kier molecular flexibility index (Phi) is 8.62. The van der Waals surface area contributed by atoms with Crippen molar-refractivity contribution in [2.45, 2.75) is 38.7 Å². The number of aromatic nitrogens is 4. The van der Waals surface area contributed by atoms with Crippen LogP contribution in [-0.4, -0.2) is 58.0 Å². The number of halogens is 1. The molecule has 5 rings (SSSR count). The van der Waals surface area contributed by atoms with E-state index in [1.165, 1.54) is 51.3 Å². The highest BCUT2D eigenvalue weighted by molar-refractivity contribution is 7.91. The minimum atomic E-state index is -4.01. The van der Waals surface area contributed by atoms with Crippen molar-refractivity contribution in [2.24, 2.45) is 0 Å². The van der Waals surface area contributed by atoms with Crippen molar-refractivity contribution >= 4 is 55.1 Å². The van der Waals surface area contributed by atoms with Crippen molar-refractivity contribution in [3.63, 3.8) is 0 Å². The van der Waals surface area contributed by atoms with Gasteiger partial charge < -0.3 is 15.0 Å². The number of hydrogen-bond acceptors (Lipinski definition) is 9.